The van der Waals surface area contributed by atoms with Gasteiger partial charge in [-0.2, -0.15) is 8.42 Å². The Kier molecular flexibility index (Phi) is 4.60. The van der Waals surface area contributed by atoms with Crippen molar-refractivity contribution in [1.29, 1.82) is 0 Å². The van der Waals surface area contributed by atoms with Crippen molar-refractivity contribution in [3.63, 3.8) is 0 Å². The first-order valence-corrected chi connectivity index (χ1v) is 8.11. The maximum Gasteiger partial charge on any atom is 0.346 e. The molecular weight excluding hydrogens is 338 g/mol. The number of nitrogens with zero attached hydrogens (tertiary/aromatic N) is 2. The smallest absolute Gasteiger partial charge is 0.346 e. The van der Waals surface area contributed by atoms with Crippen molar-refractivity contribution in [2.45, 2.75) is 11.8 Å². The van der Waals surface area contributed by atoms with Crippen molar-refractivity contribution in [3.8, 4) is 5.75 Å². The molecule has 0 aliphatic rings. The maximum absolute atomic E-state index is 12.3. The Morgan fingerprint density at radius 2 is 1.88 bits per heavy atom. The van der Waals surface area contributed by atoms with Crippen LogP contribution in [-0.4, -0.2) is 23.5 Å². The number of aryl methyl sites for hydroxylation is 1. The third kappa shape index (κ3) is 3.54. The summed E-state index contributed by atoms with van der Waals surface area (Å²) in [5, 5.41) is 2.48. The Hall–Kier alpha value is -2.88. The quantitative estimate of drug-likeness (QED) is 0.762. The number of anilines is 1. The van der Waals surface area contributed by atoms with Gasteiger partial charge in [0, 0.05) is 39.0 Å². The second-order valence-corrected chi connectivity index (χ2v) is 6.51. The lowest BCUT2D eigenvalue weighted by Gasteiger charge is -2.10. The average molecular weight is 353 g/mol. The number of hydrogen-bond donors (Lipinski definition) is 1. The van der Waals surface area contributed by atoms with Crippen LogP contribution in [0.4, 0.5) is 5.69 Å². The van der Waals surface area contributed by atoms with Crippen LogP contribution in [0.25, 0.3) is 0 Å². The van der Waals surface area contributed by atoms with E-state index in [9.17, 15) is 22.8 Å². The molecule has 0 unspecified atom stereocenters. The lowest BCUT2D eigenvalue weighted by molar-refractivity contribution is -0.114. The molecule has 1 aromatic carbocycles. The third-order valence-electron chi connectivity index (χ3n) is 3.04. The van der Waals surface area contributed by atoms with Gasteiger partial charge in [0.1, 0.15) is 5.75 Å². The van der Waals surface area contributed by atoms with Gasteiger partial charge in [-0.15, -0.1) is 0 Å². The number of carbonyl (C=O) groups excluding carboxylic acids is 1. The Morgan fingerprint density at radius 1 is 1.21 bits per heavy atom. The van der Waals surface area contributed by atoms with Crippen molar-refractivity contribution in [2.75, 3.05) is 5.32 Å². The van der Waals surface area contributed by atoms with Gasteiger partial charge in [-0.1, -0.05) is 6.07 Å². The molecular formula is C14H15N3O6S. The predicted molar refractivity (Wildman–Crippen MR) is 85.5 cm³/mol. The fraction of sp³-hybridized carbons (Fsp3) is 0.214. The molecule has 1 aromatic heterocycles. The van der Waals surface area contributed by atoms with E-state index in [1.54, 1.807) is 6.07 Å². The highest BCUT2D eigenvalue weighted by molar-refractivity contribution is 7.87. The van der Waals surface area contributed by atoms with Crippen molar-refractivity contribution < 1.29 is 17.4 Å². The molecule has 0 radical (unpaired) electrons. The van der Waals surface area contributed by atoms with E-state index < -0.39 is 26.3 Å². The molecule has 128 valence electrons. The van der Waals surface area contributed by atoms with Gasteiger partial charge in [-0.25, -0.2) is 4.79 Å². The topological polar surface area (TPSA) is 116 Å². The summed E-state index contributed by atoms with van der Waals surface area (Å²) in [6.45, 7) is 1.30. The molecule has 1 heterocycles. The highest BCUT2D eigenvalue weighted by atomic mass is 32.2. The van der Waals surface area contributed by atoms with Gasteiger partial charge >= 0.3 is 15.8 Å². The Morgan fingerprint density at radius 3 is 2.50 bits per heavy atom. The Bertz CT molecular complexity index is 1020. The fourth-order valence-electron chi connectivity index (χ4n) is 1.95. The molecule has 1 N–H and O–H groups in total. The molecule has 0 saturated carbocycles. The Balaban J connectivity index is 2.45. The van der Waals surface area contributed by atoms with Crippen LogP contribution in [0.2, 0.25) is 0 Å². The largest absolute Gasteiger partial charge is 0.379 e. The van der Waals surface area contributed by atoms with E-state index in [4.69, 9.17) is 4.18 Å². The van der Waals surface area contributed by atoms with Gasteiger partial charge in [0.25, 0.3) is 5.56 Å². The number of amides is 1. The SMILES string of the molecule is CC(=O)Nc1cccc(OS(=O)(=O)c2cn(C)c(=O)n(C)c2=O)c1. The second-order valence-electron chi connectivity index (χ2n) is 5.00. The zero-order valence-electron chi connectivity index (χ0n) is 13.1. The molecule has 2 rings (SSSR count). The molecule has 0 saturated heterocycles. The number of benzene rings is 1. The van der Waals surface area contributed by atoms with Crippen LogP contribution < -0.4 is 20.7 Å². The summed E-state index contributed by atoms with van der Waals surface area (Å²) in [4.78, 5) is 34.0. The summed E-state index contributed by atoms with van der Waals surface area (Å²) < 4.78 is 31.2. The standard InChI is InChI=1S/C14H15N3O6S/c1-9(18)15-10-5-4-6-11(7-10)23-24(21,22)12-8-16(2)14(20)17(3)13(12)19/h4-8H,1-3H3,(H,15,18). The first-order valence-electron chi connectivity index (χ1n) is 6.70. The predicted octanol–water partition coefficient (Wildman–Crippen LogP) is -0.190. The molecule has 0 spiro atoms. The van der Waals surface area contributed by atoms with E-state index in [2.05, 4.69) is 5.32 Å². The van der Waals surface area contributed by atoms with Crippen LogP contribution in [0.3, 0.4) is 0 Å². The van der Waals surface area contributed by atoms with Gasteiger partial charge in [-0.3, -0.25) is 14.2 Å². The molecule has 0 atom stereocenters. The van der Waals surface area contributed by atoms with Gasteiger partial charge in [0.15, 0.2) is 4.90 Å². The number of hydrogen-bond acceptors (Lipinski definition) is 6. The summed E-state index contributed by atoms with van der Waals surface area (Å²) in [6.07, 6.45) is 0.900. The van der Waals surface area contributed by atoms with E-state index in [1.807, 2.05) is 0 Å². The summed E-state index contributed by atoms with van der Waals surface area (Å²) in [5.74, 6) is -0.418. The van der Waals surface area contributed by atoms with Crippen LogP contribution in [0, 0.1) is 0 Å². The van der Waals surface area contributed by atoms with Crippen LogP contribution in [-0.2, 0) is 29.0 Å². The number of aromatic nitrogens is 2. The summed E-state index contributed by atoms with van der Waals surface area (Å²) in [6, 6.07) is 5.68. The van der Waals surface area contributed by atoms with E-state index in [0.717, 1.165) is 10.8 Å². The van der Waals surface area contributed by atoms with E-state index in [0.29, 0.717) is 10.3 Å². The maximum atomic E-state index is 12.3. The van der Waals surface area contributed by atoms with Crippen LogP contribution >= 0.6 is 0 Å². The average Bonchev–Trinajstić information content (AvgIpc) is 2.48. The lowest BCUT2D eigenvalue weighted by Crippen LogP contribution is -2.39. The minimum absolute atomic E-state index is 0.0860. The fourth-order valence-corrected chi connectivity index (χ4v) is 3.03. The molecule has 24 heavy (non-hydrogen) atoms. The van der Waals surface area contributed by atoms with E-state index in [-0.39, 0.29) is 11.7 Å². The van der Waals surface area contributed by atoms with Crippen LogP contribution in [0.15, 0.2) is 44.9 Å². The second kappa shape index (κ2) is 6.32. The molecule has 0 bridgehead atoms. The number of nitrogens with one attached hydrogen (secondary N) is 1. The van der Waals surface area contributed by atoms with Crippen molar-refractivity contribution in [3.05, 3.63) is 51.3 Å². The lowest BCUT2D eigenvalue weighted by atomic mass is 10.3. The molecule has 2 aromatic rings. The van der Waals surface area contributed by atoms with Gasteiger partial charge < -0.3 is 14.1 Å². The first-order chi connectivity index (χ1) is 11.1. The normalized spacial score (nSPS) is 11.1. The molecule has 1 amide bonds. The summed E-state index contributed by atoms with van der Waals surface area (Å²) in [7, 11) is -1.97. The molecule has 10 heteroatoms. The third-order valence-corrected chi connectivity index (χ3v) is 4.28. The molecule has 0 aliphatic heterocycles. The van der Waals surface area contributed by atoms with Crippen LogP contribution in [0.1, 0.15) is 6.92 Å². The molecule has 9 nitrogen and oxygen atoms in total. The zero-order valence-corrected chi connectivity index (χ0v) is 14.0. The minimum Gasteiger partial charge on any atom is -0.379 e. The number of rotatable bonds is 4. The Labute approximate surface area is 137 Å². The van der Waals surface area contributed by atoms with Gasteiger partial charge in [-0.05, 0) is 12.1 Å². The first kappa shape index (κ1) is 17.5. The molecule has 0 aliphatic carbocycles. The van der Waals surface area contributed by atoms with Crippen molar-refractivity contribution in [2.24, 2.45) is 14.1 Å². The van der Waals surface area contributed by atoms with Crippen molar-refractivity contribution >= 4 is 21.7 Å². The highest BCUT2D eigenvalue weighted by Crippen LogP contribution is 2.20. The minimum atomic E-state index is -4.46. The van der Waals surface area contributed by atoms with Crippen molar-refractivity contribution in [1.82, 2.24) is 9.13 Å². The summed E-state index contributed by atoms with van der Waals surface area (Å²) in [5.41, 5.74) is -1.31. The van der Waals surface area contributed by atoms with Crippen LogP contribution in [0.5, 0.6) is 5.75 Å². The monoisotopic (exact) mass is 353 g/mol. The molecule has 0 fully saturated rings. The zero-order chi connectivity index (χ0) is 18.1. The number of carbonyl (C=O) groups is 1. The van der Waals surface area contributed by atoms with E-state index in [1.165, 1.54) is 39.2 Å². The summed E-state index contributed by atoms with van der Waals surface area (Å²) >= 11 is 0. The van der Waals surface area contributed by atoms with Gasteiger partial charge in [0.05, 0.1) is 0 Å². The highest BCUT2D eigenvalue weighted by Gasteiger charge is 2.23. The van der Waals surface area contributed by atoms with E-state index >= 15 is 0 Å². The van der Waals surface area contributed by atoms with Gasteiger partial charge in [0.2, 0.25) is 5.91 Å².